The van der Waals surface area contributed by atoms with Crippen molar-refractivity contribution in [3.63, 3.8) is 0 Å². The van der Waals surface area contributed by atoms with E-state index < -0.39 is 10.5 Å². The van der Waals surface area contributed by atoms with E-state index in [0.29, 0.717) is 17.0 Å². The smallest absolute Gasteiger partial charge is 0.269 e. The number of aliphatic imine (C=N–C) groups is 1. The number of nitrogens with zero attached hydrogens (tertiary/aromatic N) is 2. The molecule has 0 aliphatic carbocycles. The first-order valence-corrected chi connectivity index (χ1v) is 7.87. The lowest BCUT2D eigenvalue weighted by Gasteiger charge is -2.16. The molecule has 0 atom stereocenters. The number of methoxy groups -OCH3 is 1. The summed E-state index contributed by atoms with van der Waals surface area (Å²) < 4.78 is 5.28. The second kappa shape index (κ2) is 6.12. The molecular formula is C19H18N2O4. The second-order valence-corrected chi connectivity index (χ2v) is 6.43. The molecule has 6 nitrogen and oxygen atoms in total. The fourth-order valence-corrected chi connectivity index (χ4v) is 3.04. The lowest BCUT2D eigenvalue weighted by atomic mass is 9.91. The number of Topliss-reactive ketones (excluding diaryl/α,β-unsaturated/α-hetero) is 1. The Morgan fingerprint density at radius 2 is 1.88 bits per heavy atom. The molecule has 0 aromatic heterocycles. The Morgan fingerprint density at radius 3 is 2.48 bits per heavy atom. The second-order valence-electron chi connectivity index (χ2n) is 6.43. The molecular weight excluding hydrogens is 320 g/mol. The van der Waals surface area contributed by atoms with Gasteiger partial charge < -0.3 is 4.74 Å². The quantitative estimate of drug-likeness (QED) is 0.470. The van der Waals surface area contributed by atoms with Crippen LogP contribution in [0, 0.1) is 10.1 Å². The highest BCUT2D eigenvalue weighted by Gasteiger charge is 2.32. The maximum atomic E-state index is 12.6. The topological polar surface area (TPSA) is 81.8 Å². The summed E-state index contributed by atoms with van der Waals surface area (Å²) in [5, 5.41) is 10.7. The van der Waals surface area contributed by atoms with Gasteiger partial charge in [0.2, 0.25) is 0 Å². The third kappa shape index (κ3) is 3.15. The zero-order valence-corrected chi connectivity index (χ0v) is 14.3. The Morgan fingerprint density at radius 1 is 1.20 bits per heavy atom. The van der Waals surface area contributed by atoms with Crippen LogP contribution in [0.2, 0.25) is 0 Å². The van der Waals surface area contributed by atoms with Crippen LogP contribution in [0.4, 0.5) is 5.69 Å². The Hall–Kier alpha value is -3.02. The summed E-state index contributed by atoms with van der Waals surface area (Å²) in [5.41, 5.74) is 2.68. The summed E-state index contributed by atoms with van der Waals surface area (Å²) in [5.74, 6) is 0.590. The molecule has 0 fully saturated rings. The van der Waals surface area contributed by atoms with E-state index in [4.69, 9.17) is 9.73 Å². The first kappa shape index (κ1) is 16.8. The van der Waals surface area contributed by atoms with Crippen LogP contribution in [0.15, 0.2) is 47.5 Å². The monoisotopic (exact) mass is 338 g/mol. The van der Waals surface area contributed by atoms with Gasteiger partial charge in [-0.3, -0.25) is 19.9 Å². The Kier molecular flexibility index (Phi) is 4.12. The van der Waals surface area contributed by atoms with E-state index in [1.807, 2.05) is 32.0 Å². The fourth-order valence-electron chi connectivity index (χ4n) is 3.04. The minimum absolute atomic E-state index is 0.0361. The highest BCUT2D eigenvalue weighted by molar-refractivity contribution is 6.17. The van der Waals surface area contributed by atoms with Gasteiger partial charge in [-0.15, -0.1) is 0 Å². The van der Waals surface area contributed by atoms with E-state index in [2.05, 4.69) is 0 Å². The summed E-state index contributed by atoms with van der Waals surface area (Å²) in [4.78, 5) is 27.5. The average Bonchev–Trinajstić information content (AvgIpc) is 2.84. The van der Waals surface area contributed by atoms with E-state index in [0.717, 1.165) is 11.1 Å². The van der Waals surface area contributed by atoms with E-state index in [1.165, 1.54) is 24.3 Å². The van der Waals surface area contributed by atoms with E-state index in [1.54, 1.807) is 7.11 Å². The van der Waals surface area contributed by atoms with Gasteiger partial charge >= 0.3 is 0 Å². The van der Waals surface area contributed by atoms with E-state index >= 15 is 0 Å². The highest BCUT2D eigenvalue weighted by atomic mass is 16.6. The summed E-state index contributed by atoms with van der Waals surface area (Å²) in [6, 6.07) is 11.4. The standard InChI is InChI=1S/C19H18N2O4/c1-19(2)16-9-8-14(25-3)10-15(16)17(20-19)11-18(22)12-4-6-13(7-5-12)21(23)24/h4-10H,11H2,1-3H3. The number of hydrogen-bond donors (Lipinski definition) is 0. The van der Waals surface area contributed by atoms with Crippen LogP contribution in [0.1, 0.15) is 41.8 Å². The molecule has 0 saturated heterocycles. The molecule has 0 amide bonds. The number of non-ortho nitro benzene ring substituents is 1. The average molecular weight is 338 g/mol. The van der Waals surface area contributed by atoms with Crippen molar-refractivity contribution in [2.45, 2.75) is 25.8 Å². The van der Waals surface area contributed by atoms with Crippen LogP contribution in [0.3, 0.4) is 0 Å². The van der Waals surface area contributed by atoms with Crippen molar-refractivity contribution in [1.29, 1.82) is 0 Å². The van der Waals surface area contributed by atoms with Crippen LogP contribution < -0.4 is 4.74 Å². The van der Waals surface area contributed by atoms with E-state index in [-0.39, 0.29) is 17.9 Å². The third-order valence-electron chi connectivity index (χ3n) is 4.34. The van der Waals surface area contributed by atoms with Crippen LogP contribution in [0.25, 0.3) is 0 Å². The van der Waals surface area contributed by atoms with Gasteiger partial charge in [0.25, 0.3) is 5.69 Å². The number of carbonyl (C=O) groups is 1. The molecule has 0 N–H and O–H groups in total. The molecule has 6 heteroatoms. The van der Waals surface area contributed by atoms with Crippen molar-refractivity contribution < 1.29 is 14.5 Å². The van der Waals surface area contributed by atoms with Gasteiger partial charge in [0.05, 0.1) is 29.7 Å². The number of nitro groups is 1. The number of nitro benzene ring substituents is 1. The third-order valence-corrected chi connectivity index (χ3v) is 4.34. The minimum atomic E-state index is -0.486. The zero-order chi connectivity index (χ0) is 18.2. The van der Waals surface area contributed by atoms with Gasteiger partial charge in [-0.25, -0.2) is 0 Å². The maximum Gasteiger partial charge on any atom is 0.269 e. The predicted octanol–water partition coefficient (Wildman–Crippen LogP) is 3.91. The number of hydrogen-bond acceptors (Lipinski definition) is 5. The lowest BCUT2D eigenvalue weighted by molar-refractivity contribution is -0.384. The first-order chi connectivity index (χ1) is 11.8. The van der Waals surface area contributed by atoms with Gasteiger partial charge in [-0.05, 0) is 43.7 Å². The molecule has 25 heavy (non-hydrogen) atoms. The molecule has 0 unspecified atom stereocenters. The largest absolute Gasteiger partial charge is 0.497 e. The van der Waals surface area contributed by atoms with Crippen molar-refractivity contribution >= 4 is 17.2 Å². The number of fused-ring (bicyclic) bond motifs is 1. The van der Waals surface area contributed by atoms with Gasteiger partial charge in [0.15, 0.2) is 5.78 Å². The molecule has 3 rings (SSSR count). The first-order valence-electron chi connectivity index (χ1n) is 7.87. The number of benzene rings is 2. The Balaban J connectivity index is 1.88. The number of ether oxygens (including phenoxy) is 1. The minimum Gasteiger partial charge on any atom is -0.497 e. The molecule has 2 aromatic rings. The summed E-state index contributed by atoms with van der Waals surface area (Å²) in [6.45, 7) is 4.00. The summed E-state index contributed by atoms with van der Waals surface area (Å²) in [6.07, 6.45) is 0.140. The van der Waals surface area contributed by atoms with Gasteiger partial charge in [-0.1, -0.05) is 6.07 Å². The molecule has 0 spiro atoms. The molecule has 1 heterocycles. The zero-order valence-electron chi connectivity index (χ0n) is 14.3. The van der Waals surface area contributed by atoms with Crippen molar-refractivity contribution in [3.8, 4) is 5.75 Å². The Bertz CT molecular complexity index is 883. The van der Waals surface area contributed by atoms with Gasteiger partial charge in [0, 0.05) is 23.3 Å². The van der Waals surface area contributed by atoms with Crippen molar-refractivity contribution in [2.24, 2.45) is 4.99 Å². The van der Waals surface area contributed by atoms with Crippen LogP contribution >= 0.6 is 0 Å². The summed E-state index contributed by atoms with van der Waals surface area (Å²) >= 11 is 0. The molecule has 0 bridgehead atoms. The number of ketones is 1. The van der Waals surface area contributed by atoms with Crippen molar-refractivity contribution in [2.75, 3.05) is 7.11 Å². The number of rotatable bonds is 5. The summed E-state index contributed by atoms with van der Waals surface area (Å²) in [7, 11) is 1.60. The molecule has 128 valence electrons. The molecule has 1 aliphatic heterocycles. The predicted molar refractivity (Wildman–Crippen MR) is 94.6 cm³/mol. The van der Waals surface area contributed by atoms with E-state index in [9.17, 15) is 14.9 Å². The lowest BCUT2D eigenvalue weighted by Crippen LogP contribution is -2.10. The van der Waals surface area contributed by atoms with Gasteiger partial charge in [0.1, 0.15) is 5.75 Å². The van der Waals surface area contributed by atoms with Gasteiger partial charge in [-0.2, -0.15) is 0 Å². The molecule has 1 aliphatic rings. The van der Waals surface area contributed by atoms with Crippen molar-refractivity contribution in [3.05, 3.63) is 69.3 Å². The molecule has 0 radical (unpaired) electrons. The van der Waals surface area contributed by atoms with Crippen LogP contribution in [-0.2, 0) is 5.54 Å². The fraction of sp³-hybridized carbons (Fsp3) is 0.263. The normalized spacial score (nSPS) is 14.6. The molecule has 0 saturated carbocycles. The maximum absolute atomic E-state index is 12.6. The molecule has 2 aromatic carbocycles. The van der Waals surface area contributed by atoms with Crippen LogP contribution in [0.5, 0.6) is 5.75 Å². The van der Waals surface area contributed by atoms with Crippen molar-refractivity contribution in [1.82, 2.24) is 0 Å². The number of carbonyl (C=O) groups excluding carboxylic acids is 1. The highest BCUT2D eigenvalue weighted by Crippen LogP contribution is 2.37. The SMILES string of the molecule is COc1ccc2c(c1)C(CC(=O)c1ccc([N+](=O)[O-])cc1)=NC2(C)C. The Labute approximate surface area is 145 Å². The van der Waals surface area contributed by atoms with Crippen LogP contribution in [-0.4, -0.2) is 23.5 Å².